The van der Waals surface area contributed by atoms with Gasteiger partial charge in [-0.05, 0) is 44.7 Å². The summed E-state index contributed by atoms with van der Waals surface area (Å²) in [6.07, 6.45) is 2.30. The van der Waals surface area contributed by atoms with Crippen LogP contribution in [0.4, 0.5) is 16.2 Å². The smallest absolute Gasteiger partial charge is 0.321 e. The third-order valence-corrected chi connectivity index (χ3v) is 7.93. The van der Waals surface area contributed by atoms with Gasteiger partial charge in [-0.1, -0.05) is 12.1 Å². The number of fused-ring (bicyclic) bond motifs is 1. The number of aliphatic hydroxyl groups is 1. The Morgan fingerprint density at radius 3 is 2.62 bits per heavy atom. The molecule has 2 aliphatic heterocycles. The second-order valence-corrected chi connectivity index (χ2v) is 11.1. The number of aryl methyl sites for hydroxylation is 1. The molecule has 0 radical (unpaired) electrons. The highest BCUT2D eigenvalue weighted by atomic mass is 16.5. The number of aliphatic hydroxyl groups excluding tert-OH is 1. The fourth-order valence-corrected chi connectivity index (χ4v) is 5.14. The number of piperazine rings is 1. The lowest BCUT2D eigenvalue weighted by molar-refractivity contribution is -0.136. The molecule has 1 aromatic carbocycles. The van der Waals surface area contributed by atoms with Crippen molar-refractivity contribution in [3.05, 3.63) is 36.2 Å². The Balaban J connectivity index is 1.41. The molecule has 1 aromatic heterocycles. The van der Waals surface area contributed by atoms with Gasteiger partial charge in [0.1, 0.15) is 0 Å². The van der Waals surface area contributed by atoms with E-state index < -0.39 is 0 Å². The Kier molecular flexibility index (Phi) is 10.3. The highest BCUT2D eigenvalue weighted by Gasteiger charge is 2.29. The van der Waals surface area contributed by atoms with Crippen molar-refractivity contribution < 1.29 is 19.4 Å². The fraction of sp³-hybridized carbons (Fsp3) is 0.643. The zero-order valence-electron chi connectivity index (χ0n) is 24.2. The highest BCUT2D eigenvalue weighted by Crippen LogP contribution is 2.21. The van der Waals surface area contributed by atoms with E-state index in [2.05, 4.69) is 32.5 Å². The molecular formula is C28H44N8O4. The first-order valence-corrected chi connectivity index (χ1v) is 14.2. The fourth-order valence-electron chi connectivity index (χ4n) is 5.14. The first-order valence-electron chi connectivity index (χ1n) is 14.2. The second kappa shape index (κ2) is 13.9. The number of nitrogens with one attached hydrogen (secondary N) is 1. The Morgan fingerprint density at radius 1 is 1.20 bits per heavy atom. The molecular weight excluding hydrogens is 512 g/mol. The number of carbonyl (C=O) groups is 2. The number of nitrogens with zero attached hydrogens (tertiary/aromatic N) is 7. The Labute approximate surface area is 236 Å². The molecule has 1 fully saturated rings. The molecule has 12 heteroatoms. The normalized spacial score (nSPS) is 22.2. The summed E-state index contributed by atoms with van der Waals surface area (Å²) in [6, 6.07) is 7.41. The van der Waals surface area contributed by atoms with Gasteiger partial charge in [-0.25, -0.2) is 9.48 Å². The minimum absolute atomic E-state index is 0.0134. The number of amides is 3. The third-order valence-electron chi connectivity index (χ3n) is 7.93. The van der Waals surface area contributed by atoms with Crippen molar-refractivity contribution >= 4 is 23.3 Å². The van der Waals surface area contributed by atoms with Crippen LogP contribution in [0.5, 0.6) is 0 Å². The number of carbonyl (C=O) groups excluding carboxylic acids is 2. The predicted octanol–water partition coefficient (Wildman–Crippen LogP) is 1.72. The van der Waals surface area contributed by atoms with Crippen LogP contribution in [0.2, 0.25) is 0 Å². The van der Waals surface area contributed by atoms with E-state index >= 15 is 0 Å². The quantitative estimate of drug-likeness (QED) is 0.552. The monoisotopic (exact) mass is 556 g/mol. The van der Waals surface area contributed by atoms with E-state index in [1.165, 1.54) is 0 Å². The van der Waals surface area contributed by atoms with Crippen LogP contribution in [0.25, 0.3) is 0 Å². The summed E-state index contributed by atoms with van der Waals surface area (Å²) in [7, 11) is 3.88. The molecule has 3 amide bonds. The first-order chi connectivity index (χ1) is 19.2. The van der Waals surface area contributed by atoms with Gasteiger partial charge in [0.15, 0.2) is 0 Å². The van der Waals surface area contributed by atoms with Crippen LogP contribution in [-0.4, -0.2) is 119 Å². The van der Waals surface area contributed by atoms with Crippen LogP contribution in [0.3, 0.4) is 0 Å². The summed E-state index contributed by atoms with van der Waals surface area (Å²) in [6.45, 7) is 9.39. The summed E-state index contributed by atoms with van der Waals surface area (Å²) in [5, 5.41) is 20.9. The lowest BCUT2D eigenvalue weighted by Crippen LogP contribution is -2.48. The summed E-state index contributed by atoms with van der Waals surface area (Å²) in [4.78, 5) is 34.2. The maximum Gasteiger partial charge on any atom is 0.321 e. The zero-order valence-corrected chi connectivity index (χ0v) is 24.2. The standard InChI is InChI=1S/C28H44N8O4/c1-21-17-35(22(2)19-37)27(38)6-5-11-36-25(16-29-31-36)20-40-26(21)18-33(4)28(39)30-23-7-9-24(10-8-23)34-14-12-32(3)13-15-34/h7-10,16,21-22,26,37H,5-6,11-15,17-20H2,1-4H3,(H,30,39)/t21-,22-,26-/m0/s1. The number of rotatable bonds is 6. The van der Waals surface area contributed by atoms with E-state index in [9.17, 15) is 14.7 Å². The van der Waals surface area contributed by atoms with E-state index in [1.54, 1.807) is 27.7 Å². The Bertz CT molecular complexity index is 1100. The molecule has 2 aliphatic rings. The largest absolute Gasteiger partial charge is 0.394 e. The van der Waals surface area contributed by atoms with Gasteiger partial charge in [0.2, 0.25) is 5.91 Å². The molecule has 2 N–H and O–H groups in total. The van der Waals surface area contributed by atoms with Gasteiger partial charge in [-0.2, -0.15) is 0 Å². The van der Waals surface area contributed by atoms with Crippen LogP contribution in [0.15, 0.2) is 30.5 Å². The number of anilines is 2. The molecule has 2 aromatic rings. The van der Waals surface area contributed by atoms with Crippen molar-refractivity contribution in [3.63, 3.8) is 0 Å². The van der Waals surface area contributed by atoms with Gasteiger partial charge in [0.05, 0.1) is 37.3 Å². The van der Waals surface area contributed by atoms with E-state index in [-0.39, 0.29) is 36.6 Å². The molecule has 0 unspecified atom stereocenters. The molecule has 40 heavy (non-hydrogen) atoms. The number of hydrogen-bond donors (Lipinski definition) is 2. The van der Waals surface area contributed by atoms with E-state index in [0.29, 0.717) is 39.1 Å². The zero-order chi connectivity index (χ0) is 28.6. The van der Waals surface area contributed by atoms with Crippen molar-refractivity contribution in [2.24, 2.45) is 5.92 Å². The van der Waals surface area contributed by atoms with Gasteiger partial charge in [-0.3, -0.25) is 4.79 Å². The third kappa shape index (κ3) is 7.70. The van der Waals surface area contributed by atoms with Crippen molar-refractivity contribution in [1.82, 2.24) is 29.7 Å². The lowest BCUT2D eigenvalue weighted by atomic mass is 10.0. The minimum Gasteiger partial charge on any atom is -0.394 e. The van der Waals surface area contributed by atoms with Gasteiger partial charge in [-0.15, -0.1) is 5.10 Å². The average molecular weight is 557 g/mol. The average Bonchev–Trinajstić information content (AvgIpc) is 3.40. The van der Waals surface area contributed by atoms with Crippen LogP contribution in [0, 0.1) is 5.92 Å². The van der Waals surface area contributed by atoms with Crippen LogP contribution in [-0.2, 0) is 22.7 Å². The second-order valence-electron chi connectivity index (χ2n) is 11.1. The number of benzene rings is 1. The summed E-state index contributed by atoms with van der Waals surface area (Å²) in [5.41, 5.74) is 2.71. The molecule has 0 bridgehead atoms. The maximum atomic E-state index is 13.1. The van der Waals surface area contributed by atoms with E-state index in [0.717, 1.165) is 43.2 Å². The maximum absolute atomic E-state index is 13.1. The SMILES string of the molecule is C[C@H]1CN([C@@H](C)CO)C(=O)CCCn2nncc2CO[C@H]1CN(C)C(=O)Nc1ccc(N2CCN(C)CC2)cc1. The first kappa shape index (κ1) is 29.8. The molecule has 0 saturated carbocycles. The van der Waals surface area contributed by atoms with Crippen molar-refractivity contribution in [1.29, 1.82) is 0 Å². The summed E-state index contributed by atoms with van der Waals surface area (Å²) < 4.78 is 8.10. The van der Waals surface area contributed by atoms with Gasteiger partial charge < -0.3 is 34.8 Å². The van der Waals surface area contributed by atoms with E-state index in [1.807, 2.05) is 38.1 Å². The van der Waals surface area contributed by atoms with Crippen molar-refractivity contribution in [3.8, 4) is 0 Å². The lowest BCUT2D eigenvalue weighted by Gasteiger charge is -2.35. The summed E-state index contributed by atoms with van der Waals surface area (Å²) >= 11 is 0. The van der Waals surface area contributed by atoms with E-state index in [4.69, 9.17) is 4.74 Å². The topological polar surface area (TPSA) is 119 Å². The van der Waals surface area contributed by atoms with Crippen LogP contribution in [0.1, 0.15) is 32.4 Å². The van der Waals surface area contributed by atoms with Crippen LogP contribution < -0.4 is 10.2 Å². The number of aromatic nitrogens is 3. The molecule has 3 atom stereocenters. The van der Waals surface area contributed by atoms with Crippen molar-refractivity contribution in [2.75, 3.05) is 70.2 Å². The Morgan fingerprint density at radius 2 is 1.93 bits per heavy atom. The van der Waals surface area contributed by atoms with Gasteiger partial charge >= 0.3 is 6.03 Å². The molecule has 220 valence electrons. The molecule has 1 saturated heterocycles. The number of urea groups is 1. The molecule has 4 rings (SSSR count). The number of ether oxygens (including phenoxy) is 1. The molecule has 0 spiro atoms. The van der Waals surface area contributed by atoms with Gasteiger partial charge in [0.25, 0.3) is 0 Å². The van der Waals surface area contributed by atoms with Gasteiger partial charge in [0, 0.05) is 76.6 Å². The minimum atomic E-state index is -0.362. The summed E-state index contributed by atoms with van der Waals surface area (Å²) in [5.74, 6) is -0.111. The van der Waals surface area contributed by atoms with Crippen molar-refractivity contribution in [2.45, 2.75) is 52.0 Å². The Hall–Kier alpha value is -3.22. The highest BCUT2D eigenvalue weighted by molar-refractivity contribution is 5.89. The molecule has 12 nitrogen and oxygen atoms in total. The predicted molar refractivity (Wildman–Crippen MR) is 153 cm³/mol. The molecule has 0 aliphatic carbocycles. The number of hydrogen-bond acceptors (Lipinski definition) is 8. The number of likely N-dealkylation sites (N-methyl/N-ethyl adjacent to an activating group) is 2. The molecule has 3 heterocycles. The van der Waals surface area contributed by atoms with Crippen LogP contribution >= 0.6 is 0 Å².